The number of unbranched alkanes of at least 4 members (excludes halogenated alkanes) is 1. The van der Waals surface area contributed by atoms with E-state index < -0.39 is 0 Å². The van der Waals surface area contributed by atoms with Gasteiger partial charge in [0.15, 0.2) is 5.11 Å². The monoisotopic (exact) mass is 516 g/mol. The van der Waals surface area contributed by atoms with E-state index in [0.717, 1.165) is 30.7 Å². The number of hydrogen-bond donors (Lipinski definition) is 2. The molecule has 0 bridgehead atoms. The molecule has 9 heteroatoms. The Kier molecular flexibility index (Phi) is 10.2. The molecule has 2 aromatic rings. The van der Waals surface area contributed by atoms with Crippen molar-refractivity contribution in [3.63, 3.8) is 0 Å². The lowest BCUT2D eigenvalue weighted by atomic mass is 10.2. The Morgan fingerprint density at radius 2 is 1.74 bits per heavy atom. The molecule has 0 atom stereocenters. The van der Waals surface area contributed by atoms with Gasteiger partial charge in [-0.1, -0.05) is 31.9 Å². The molecule has 1 aliphatic rings. The van der Waals surface area contributed by atoms with Crippen LogP contribution in [0.5, 0.6) is 5.75 Å². The van der Waals surface area contributed by atoms with Gasteiger partial charge in [-0.05, 0) is 67.5 Å². The quantitative estimate of drug-likeness (QED) is 0.357. The number of piperazine rings is 1. The lowest BCUT2D eigenvalue weighted by Gasteiger charge is -2.37. The summed E-state index contributed by atoms with van der Waals surface area (Å²) >= 11 is 11.7. The molecular weight excluding hydrogens is 484 g/mol. The number of nitrogens with one attached hydrogen (secondary N) is 2. The summed E-state index contributed by atoms with van der Waals surface area (Å²) in [5, 5.41) is 6.58. The van der Waals surface area contributed by atoms with Crippen LogP contribution in [0.3, 0.4) is 0 Å². The van der Waals surface area contributed by atoms with Gasteiger partial charge in [-0.2, -0.15) is 0 Å². The van der Waals surface area contributed by atoms with E-state index in [2.05, 4.69) is 22.5 Å². The predicted molar refractivity (Wildman–Crippen MR) is 146 cm³/mol. The predicted octanol–water partition coefficient (Wildman–Crippen LogP) is 5.09. The lowest BCUT2D eigenvalue weighted by molar-refractivity contribution is -0.131. The minimum atomic E-state index is -0.311. The number of thiocarbonyl (C=S) groups is 1. The number of amides is 2. The molecule has 0 aliphatic carbocycles. The van der Waals surface area contributed by atoms with Gasteiger partial charge in [-0.15, -0.1) is 0 Å². The summed E-state index contributed by atoms with van der Waals surface area (Å²) in [6.45, 7) is 7.52. The molecule has 7 nitrogen and oxygen atoms in total. The van der Waals surface area contributed by atoms with Gasteiger partial charge in [0, 0.05) is 43.2 Å². The van der Waals surface area contributed by atoms with E-state index in [4.69, 9.17) is 28.6 Å². The highest BCUT2D eigenvalue weighted by molar-refractivity contribution is 7.80. The number of rotatable bonds is 9. The number of carbonyl (C=O) groups is 2. The topological polar surface area (TPSA) is 73.9 Å². The zero-order chi connectivity index (χ0) is 25.2. The van der Waals surface area contributed by atoms with E-state index in [1.807, 2.05) is 24.0 Å². The van der Waals surface area contributed by atoms with Crippen molar-refractivity contribution < 1.29 is 14.3 Å². The number of nitrogens with zero attached hydrogens (tertiary/aromatic N) is 2. The Morgan fingerprint density at radius 1 is 1.03 bits per heavy atom. The summed E-state index contributed by atoms with van der Waals surface area (Å²) in [4.78, 5) is 29.0. The SMILES string of the molecule is CCCCOc1ccc(C(=O)NC(=S)Nc2cc(Cl)ccc2N2CCN(C(=O)CCC)CC2)cc1. The molecule has 188 valence electrons. The summed E-state index contributed by atoms with van der Waals surface area (Å²) in [5.41, 5.74) is 2.11. The number of ether oxygens (including phenoxy) is 1. The molecular formula is C26H33ClN4O3S. The van der Waals surface area contributed by atoms with Gasteiger partial charge in [0.2, 0.25) is 5.91 Å². The highest BCUT2D eigenvalue weighted by atomic mass is 35.5. The van der Waals surface area contributed by atoms with E-state index in [-0.39, 0.29) is 16.9 Å². The zero-order valence-electron chi connectivity index (χ0n) is 20.3. The van der Waals surface area contributed by atoms with Gasteiger partial charge < -0.3 is 19.9 Å². The number of hydrogen-bond acceptors (Lipinski definition) is 5. The fourth-order valence-corrected chi connectivity index (χ4v) is 4.19. The van der Waals surface area contributed by atoms with Crippen LogP contribution < -0.4 is 20.3 Å². The van der Waals surface area contributed by atoms with Crippen molar-refractivity contribution in [1.29, 1.82) is 0 Å². The summed E-state index contributed by atoms with van der Waals surface area (Å²) < 4.78 is 5.65. The van der Waals surface area contributed by atoms with Gasteiger partial charge in [-0.25, -0.2) is 0 Å². The molecule has 1 saturated heterocycles. The minimum Gasteiger partial charge on any atom is -0.494 e. The van der Waals surface area contributed by atoms with Gasteiger partial charge in [0.25, 0.3) is 5.91 Å². The molecule has 35 heavy (non-hydrogen) atoms. The normalized spacial score (nSPS) is 13.3. The first-order valence-electron chi connectivity index (χ1n) is 12.1. The van der Waals surface area contributed by atoms with Crippen molar-refractivity contribution in [2.75, 3.05) is 43.0 Å². The zero-order valence-corrected chi connectivity index (χ0v) is 21.9. The van der Waals surface area contributed by atoms with Crippen LogP contribution in [-0.2, 0) is 4.79 Å². The summed E-state index contributed by atoms with van der Waals surface area (Å²) in [5.74, 6) is 0.621. The van der Waals surface area contributed by atoms with E-state index in [1.165, 1.54) is 0 Å². The molecule has 2 N–H and O–H groups in total. The van der Waals surface area contributed by atoms with Crippen LogP contribution in [0.1, 0.15) is 49.9 Å². The van der Waals surface area contributed by atoms with Gasteiger partial charge in [-0.3, -0.25) is 14.9 Å². The minimum absolute atomic E-state index is 0.179. The number of anilines is 2. The van der Waals surface area contributed by atoms with E-state index >= 15 is 0 Å². The Balaban J connectivity index is 1.60. The van der Waals surface area contributed by atoms with E-state index in [0.29, 0.717) is 55.5 Å². The largest absolute Gasteiger partial charge is 0.494 e. The molecule has 0 saturated carbocycles. The molecule has 2 aromatic carbocycles. The maximum absolute atomic E-state index is 12.7. The molecule has 2 amide bonds. The summed E-state index contributed by atoms with van der Waals surface area (Å²) in [6, 6.07) is 12.5. The van der Waals surface area contributed by atoms with Crippen LogP contribution in [0.4, 0.5) is 11.4 Å². The van der Waals surface area contributed by atoms with Crippen molar-refractivity contribution >= 4 is 52.1 Å². The van der Waals surface area contributed by atoms with Crippen LogP contribution in [0.2, 0.25) is 5.02 Å². The number of benzene rings is 2. The smallest absolute Gasteiger partial charge is 0.257 e. The van der Waals surface area contributed by atoms with E-state index in [9.17, 15) is 9.59 Å². The Morgan fingerprint density at radius 3 is 2.40 bits per heavy atom. The van der Waals surface area contributed by atoms with Crippen LogP contribution in [0.15, 0.2) is 42.5 Å². The highest BCUT2D eigenvalue weighted by Crippen LogP contribution is 2.30. The second-order valence-corrected chi connectivity index (χ2v) is 9.26. The third-order valence-corrected chi connectivity index (χ3v) is 6.19. The van der Waals surface area contributed by atoms with Gasteiger partial charge in [0.1, 0.15) is 5.75 Å². The van der Waals surface area contributed by atoms with Crippen molar-refractivity contribution in [3.8, 4) is 5.75 Å². The average molecular weight is 517 g/mol. The van der Waals surface area contributed by atoms with Crippen molar-refractivity contribution in [3.05, 3.63) is 53.1 Å². The summed E-state index contributed by atoms with van der Waals surface area (Å²) in [7, 11) is 0. The Bertz CT molecular complexity index is 1020. The Labute approximate surface area is 217 Å². The van der Waals surface area contributed by atoms with Crippen molar-refractivity contribution in [1.82, 2.24) is 10.2 Å². The lowest BCUT2D eigenvalue weighted by Crippen LogP contribution is -2.49. The van der Waals surface area contributed by atoms with Gasteiger partial charge in [0.05, 0.1) is 18.0 Å². The first-order chi connectivity index (χ1) is 16.9. The van der Waals surface area contributed by atoms with E-state index in [1.54, 1.807) is 30.3 Å². The highest BCUT2D eigenvalue weighted by Gasteiger charge is 2.22. The number of carbonyl (C=O) groups excluding carboxylic acids is 2. The molecule has 1 heterocycles. The van der Waals surface area contributed by atoms with Crippen LogP contribution >= 0.6 is 23.8 Å². The summed E-state index contributed by atoms with van der Waals surface area (Å²) in [6.07, 6.45) is 3.48. The Hall–Kier alpha value is -2.84. The van der Waals surface area contributed by atoms with Crippen LogP contribution in [0.25, 0.3) is 0 Å². The molecule has 3 rings (SSSR count). The van der Waals surface area contributed by atoms with Gasteiger partial charge >= 0.3 is 0 Å². The fraction of sp³-hybridized carbons (Fsp3) is 0.423. The standard InChI is InChI=1S/C26H33ClN4O3S/c1-3-5-17-34-21-10-7-19(8-11-21)25(33)29-26(35)28-22-18-20(27)9-12-23(22)30-13-15-31(16-14-30)24(32)6-4-2/h7-12,18H,3-6,13-17H2,1-2H3,(H2,28,29,33,35). The molecule has 0 unspecified atom stereocenters. The first-order valence-corrected chi connectivity index (χ1v) is 12.9. The third-order valence-electron chi connectivity index (χ3n) is 5.75. The van der Waals surface area contributed by atoms with Crippen molar-refractivity contribution in [2.24, 2.45) is 0 Å². The number of halogens is 1. The third kappa shape index (κ3) is 7.83. The second-order valence-electron chi connectivity index (χ2n) is 8.41. The maximum atomic E-state index is 12.7. The molecule has 1 aliphatic heterocycles. The maximum Gasteiger partial charge on any atom is 0.257 e. The fourth-order valence-electron chi connectivity index (χ4n) is 3.82. The molecule has 1 fully saturated rings. The molecule has 0 aromatic heterocycles. The first kappa shape index (κ1) is 26.8. The second kappa shape index (κ2) is 13.3. The van der Waals surface area contributed by atoms with Crippen LogP contribution in [0, 0.1) is 0 Å². The molecule has 0 spiro atoms. The van der Waals surface area contributed by atoms with Crippen molar-refractivity contribution in [2.45, 2.75) is 39.5 Å². The van der Waals surface area contributed by atoms with Crippen LogP contribution in [-0.4, -0.2) is 54.6 Å². The average Bonchev–Trinajstić information content (AvgIpc) is 2.85. The molecule has 0 radical (unpaired) electrons.